The maximum absolute atomic E-state index is 13.0. The number of ether oxygens (including phenoxy) is 1. The van der Waals surface area contributed by atoms with Crippen LogP contribution in [-0.2, 0) is 19.3 Å². The van der Waals surface area contributed by atoms with E-state index in [0.717, 1.165) is 12.1 Å². The Balaban J connectivity index is 2.26. The fourth-order valence-corrected chi connectivity index (χ4v) is 1.85. The molecule has 7 heteroatoms. The molecule has 0 atom stereocenters. The lowest BCUT2D eigenvalue weighted by Gasteiger charge is -2.14. The van der Waals surface area contributed by atoms with Crippen LogP contribution in [0, 0.1) is 11.3 Å². The van der Waals surface area contributed by atoms with Crippen molar-refractivity contribution in [2.75, 3.05) is 0 Å². The van der Waals surface area contributed by atoms with E-state index in [1.807, 2.05) is 6.92 Å². The number of imidazole rings is 1. The third kappa shape index (κ3) is 3.34. The van der Waals surface area contributed by atoms with Crippen LogP contribution >= 0.6 is 0 Å². The largest absolute Gasteiger partial charge is 0.487 e. The quantitative estimate of drug-likeness (QED) is 0.869. The van der Waals surface area contributed by atoms with E-state index in [-0.39, 0.29) is 17.9 Å². The highest BCUT2D eigenvalue weighted by Crippen LogP contribution is 2.37. The second-order valence-electron chi connectivity index (χ2n) is 4.28. The van der Waals surface area contributed by atoms with Crippen LogP contribution in [0.25, 0.3) is 0 Å². The standard InChI is InChI=1S/C14H12F3N3O/c1-2-20-9-19-7-11(20)8-21-13-4-3-10(6-18)5-12(13)14(15,16)17/h3-5,7,9H,2,8H2,1H3. The maximum atomic E-state index is 13.0. The SMILES string of the molecule is CCn1cncc1COc1ccc(C#N)cc1C(F)(F)F. The predicted molar refractivity (Wildman–Crippen MR) is 68.4 cm³/mol. The second-order valence-corrected chi connectivity index (χ2v) is 4.28. The van der Waals surface area contributed by atoms with Crippen LogP contribution in [0.2, 0.25) is 0 Å². The number of aromatic nitrogens is 2. The van der Waals surface area contributed by atoms with Crippen LogP contribution in [0.5, 0.6) is 5.75 Å². The number of rotatable bonds is 4. The van der Waals surface area contributed by atoms with Crippen molar-refractivity contribution < 1.29 is 17.9 Å². The molecule has 2 rings (SSSR count). The van der Waals surface area contributed by atoms with E-state index < -0.39 is 11.7 Å². The van der Waals surface area contributed by atoms with Crippen molar-refractivity contribution in [2.24, 2.45) is 0 Å². The zero-order chi connectivity index (χ0) is 15.5. The highest BCUT2D eigenvalue weighted by Gasteiger charge is 2.34. The summed E-state index contributed by atoms with van der Waals surface area (Å²) in [5, 5.41) is 8.70. The fraction of sp³-hybridized carbons (Fsp3) is 0.286. The molecule has 21 heavy (non-hydrogen) atoms. The summed E-state index contributed by atoms with van der Waals surface area (Å²) in [6.45, 7) is 2.52. The highest BCUT2D eigenvalue weighted by molar-refractivity contribution is 5.43. The van der Waals surface area contributed by atoms with Gasteiger partial charge in [-0.15, -0.1) is 0 Å². The molecule has 0 saturated carbocycles. The molecule has 110 valence electrons. The first kappa shape index (κ1) is 14.9. The minimum atomic E-state index is -4.58. The minimum absolute atomic E-state index is 0.0250. The van der Waals surface area contributed by atoms with E-state index in [1.54, 1.807) is 23.2 Å². The number of benzene rings is 1. The lowest BCUT2D eigenvalue weighted by molar-refractivity contribution is -0.139. The predicted octanol–water partition coefficient (Wildman–Crippen LogP) is 3.37. The fourth-order valence-electron chi connectivity index (χ4n) is 1.85. The zero-order valence-corrected chi connectivity index (χ0v) is 11.2. The first-order valence-corrected chi connectivity index (χ1v) is 6.19. The van der Waals surface area contributed by atoms with Gasteiger partial charge in [-0.3, -0.25) is 0 Å². The molecule has 0 N–H and O–H groups in total. The van der Waals surface area contributed by atoms with Crippen LogP contribution in [-0.4, -0.2) is 9.55 Å². The molecule has 1 aromatic heterocycles. The topological polar surface area (TPSA) is 50.8 Å². The van der Waals surface area contributed by atoms with Crippen molar-refractivity contribution in [3.8, 4) is 11.8 Å². The van der Waals surface area contributed by atoms with Gasteiger partial charge in [0, 0.05) is 6.54 Å². The zero-order valence-electron chi connectivity index (χ0n) is 11.2. The molecule has 0 saturated heterocycles. The number of nitriles is 1. The van der Waals surface area contributed by atoms with Crippen LogP contribution in [0.3, 0.4) is 0 Å². The Morgan fingerprint density at radius 1 is 1.38 bits per heavy atom. The summed E-state index contributed by atoms with van der Waals surface area (Å²) in [6, 6.07) is 4.92. The summed E-state index contributed by atoms with van der Waals surface area (Å²) in [7, 11) is 0. The van der Waals surface area contributed by atoms with E-state index in [9.17, 15) is 13.2 Å². The molecule has 2 aromatic rings. The number of aryl methyl sites for hydroxylation is 1. The minimum Gasteiger partial charge on any atom is -0.487 e. The van der Waals surface area contributed by atoms with Gasteiger partial charge < -0.3 is 9.30 Å². The molecule has 0 radical (unpaired) electrons. The summed E-state index contributed by atoms with van der Waals surface area (Å²) >= 11 is 0. The van der Waals surface area contributed by atoms with Gasteiger partial charge in [0.15, 0.2) is 0 Å². The van der Waals surface area contributed by atoms with Gasteiger partial charge in [-0.2, -0.15) is 18.4 Å². The van der Waals surface area contributed by atoms with Crippen LogP contribution in [0.4, 0.5) is 13.2 Å². The Morgan fingerprint density at radius 2 is 2.14 bits per heavy atom. The summed E-state index contributed by atoms with van der Waals surface area (Å²) in [6.07, 6.45) is -1.45. The third-order valence-corrected chi connectivity index (χ3v) is 2.93. The molecular formula is C14H12F3N3O. The van der Waals surface area contributed by atoms with Gasteiger partial charge in [0.25, 0.3) is 0 Å². The number of nitrogens with zero attached hydrogens (tertiary/aromatic N) is 3. The lowest BCUT2D eigenvalue weighted by Crippen LogP contribution is -2.10. The molecule has 0 amide bonds. The van der Waals surface area contributed by atoms with Crippen molar-refractivity contribution >= 4 is 0 Å². The summed E-state index contributed by atoms with van der Waals surface area (Å²) < 4.78 is 45.9. The van der Waals surface area contributed by atoms with Gasteiger partial charge >= 0.3 is 6.18 Å². The molecule has 1 aromatic carbocycles. The molecule has 0 aliphatic heterocycles. The van der Waals surface area contributed by atoms with Gasteiger partial charge in [0.1, 0.15) is 12.4 Å². The van der Waals surface area contributed by atoms with Gasteiger partial charge in [0.2, 0.25) is 0 Å². The van der Waals surface area contributed by atoms with E-state index in [0.29, 0.717) is 12.2 Å². The van der Waals surface area contributed by atoms with Crippen LogP contribution in [0.15, 0.2) is 30.7 Å². The van der Waals surface area contributed by atoms with E-state index in [2.05, 4.69) is 4.98 Å². The van der Waals surface area contributed by atoms with Crippen molar-refractivity contribution in [1.29, 1.82) is 5.26 Å². The molecule has 0 spiro atoms. The number of halogens is 3. The highest BCUT2D eigenvalue weighted by atomic mass is 19.4. The van der Waals surface area contributed by atoms with Gasteiger partial charge in [-0.25, -0.2) is 4.98 Å². The molecule has 0 aliphatic rings. The average molecular weight is 295 g/mol. The molecule has 1 heterocycles. The van der Waals surface area contributed by atoms with E-state index in [4.69, 9.17) is 10.00 Å². The van der Waals surface area contributed by atoms with Crippen molar-refractivity contribution in [1.82, 2.24) is 9.55 Å². The maximum Gasteiger partial charge on any atom is 0.420 e. The van der Waals surface area contributed by atoms with E-state index in [1.165, 1.54) is 6.07 Å². The summed E-state index contributed by atoms with van der Waals surface area (Å²) in [5.74, 6) is -0.301. The monoisotopic (exact) mass is 295 g/mol. The van der Waals surface area contributed by atoms with Crippen molar-refractivity contribution in [3.05, 3.63) is 47.5 Å². The molecule has 0 unspecified atom stereocenters. The normalized spacial score (nSPS) is 11.2. The molecule has 0 aliphatic carbocycles. The Hall–Kier alpha value is -2.49. The number of hydrogen-bond acceptors (Lipinski definition) is 3. The molecular weight excluding hydrogens is 283 g/mol. The number of alkyl halides is 3. The molecule has 4 nitrogen and oxygen atoms in total. The Bertz CT molecular complexity index is 671. The van der Waals surface area contributed by atoms with E-state index >= 15 is 0 Å². The lowest BCUT2D eigenvalue weighted by atomic mass is 10.1. The Morgan fingerprint density at radius 3 is 2.76 bits per heavy atom. The van der Waals surface area contributed by atoms with Gasteiger partial charge in [0.05, 0.1) is 35.4 Å². The summed E-state index contributed by atoms with van der Waals surface area (Å²) in [4.78, 5) is 3.92. The Labute approximate surface area is 119 Å². The van der Waals surface area contributed by atoms with Crippen LogP contribution < -0.4 is 4.74 Å². The smallest absolute Gasteiger partial charge is 0.420 e. The Kier molecular flexibility index (Phi) is 4.17. The number of hydrogen-bond donors (Lipinski definition) is 0. The average Bonchev–Trinajstić information content (AvgIpc) is 2.91. The first-order valence-electron chi connectivity index (χ1n) is 6.19. The van der Waals surface area contributed by atoms with Gasteiger partial charge in [-0.05, 0) is 25.1 Å². The second kappa shape index (κ2) is 5.87. The van der Waals surface area contributed by atoms with Gasteiger partial charge in [-0.1, -0.05) is 0 Å². The molecule has 0 bridgehead atoms. The van der Waals surface area contributed by atoms with Crippen LogP contribution in [0.1, 0.15) is 23.7 Å². The van der Waals surface area contributed by atoms with Crippen molar-refractivity contribution in [3.63, 3.8) is 0 Å². The first-order chi connectivity index (χ1) is 9.95. The molecule has 0 fully saturated rings. The van der Waals surface area contributed by atoms with Crippen molar-refractivity contribution in [2.45, 2.75) is 26.3 Å². The summed E-state index contributed by atoms with van der Waals surface area (Å²) in [5.41, 5.74) is -0.340. The third-order valence-electron chi connectivity index (χ3n) is 2.93.